The summed E-state index contributed by atoms with van der Waals surface area (Å²) in [4.78, 5) is 16.1. The highest BCUT2D eigenvalue weighted by atomic mass is 15.0. The van der Waals surface area contributed by atoms with Crippen molar-refractivity contribution in [2.75, 3.05) is 0 Å². The van der Waals surface area contributed by atoms with Crippen LogP contribution in [0.1, 0.15) is 12.6 Å². The first-order valence-corrected chi connectivity index (χ1v) is 3.87. The van der Waals surface area contributed by atoms with Crippen LogP contribution < -0.4 is 5.73 Å². The summed E-state index contributed by atoms with van der Waals surface area (Å²) in [5, 5.41) is 0. The van der Waals surface area contributed by atoms with Crippen molar-refractivity contribution >= 4 is 18.1 Å². The minimum atomic E-state index is -0.749. The van der Waals surface area contributed by atoms with Gasteiger partial charge in [-0.15, -0.1) is 0 Å². The molecule has 0 saturated heterocycles. The van der Waals surface area contributed by atoms with E-state index >= 15 is 0 Å². The first-order chi connectivity index (χ1) is 6.17. The van der Waals surface area contributed by atoms with Crippen LogP contribution in [-0.4, -0.2) is 28.1 Å². The molecule has 0 amide bonds. The van der Waals surface area contributed by atoms with Gasteiger partial charge in [0.05, 0.1) is 12.4 Å². The fraction of sp³-hybridized carbons (Fsp3) is 0.250. The van der Waals surface area contributed by atoms with E-state index in [-0.39, 0.29) is 0 Å². The van der Waals surface area contributed by atoms with Crippen molar-refractivity contribution in [3.8, 4) is 0 Å². The minimum absolute atomic E-state index is 0.695. The maximum absolute atomic E-state index is 5.76. The summed E-state index contributed by atoms with van der Waals surface area (Å²) < 4.78 is 0. The van der Waals surface area contributed by atoms with E-state index in [1.54, 1.807) is 25.5 Å². The number of nitrogens with two attached hydrogens (primary N) is 1. The molecule has 13 heavy (non-hydrogen) atoms. The summed E-state index contributed by atoms with van der Waals surface area (Å²) in [6.45, 7) is 1.77. The van der Waals surface area contributed by atoms with Crippen molar-refractivity contribution in [1.29, 1.82) is 0 Å². The van der Waals surface area contributed by atoms with Crippen LogP contribution in [0.25, 0.3) is 0 Å². The van der Waals surface area contributed by atoms with Crippen LogP contribution in [0.2, 0.25) is 0 Å². The monoisotopic (exact) mass is 175 g/mol. The van der Waals surface area contributed by atoms with Gasteiger partial charge in [0.2, 0.25) is 0 Å². The molecule has 0 fully saturated rings. The summed E-state index contributed by atoms with van der Waals surface area (Å²) in [5.41, 5.74) is 6.40. The predicted octanol–water partition coefficient (Wildman–Crippen LogP) is 0.286. The van der Waals surface area contributed by atoms with Crippen molar-refractivity contribution in [3.63, 3.8) is 0 Å². The molecule has 2 N–H and O–H groups in total. The zero-order valence-electron chi connectivity index (χ0n) is 7.18. The molecule has 0 aromatic carbocycles. The van der Waals surface area contributed by atoms with Crippen LogP contribution in [0.3, 0.4) is 0 Å². The predicted molar refractivity (Wildman–Crippen MR) is 50.4 cm³/mol. The highest BCUT2D eigenvalue weighted by Crippen LogP contribution is 2.16. The Kier molecular flexibility index (Phi) is 1.66. The summed E-state index contributed by atoms with van der Waals surface area (Å²) in [7, 11) is 0. The third kappa shape index (κ3) is 1.59. The molecule has 1 atom stereocenters. The number of hydrogen-bond donors (Lipinski definition) is 1. The molecular weight excluding hydrogens is 166 g/mol. The molecule has 1 unspecified atom stereocenters. The zero-order valence-corrected chi connectivity index (χ0v) is 7.18. The van der Waals surface area contributed by atoms with E-state index in [1.165, 1.54) is 6.33 Å². The quantitative estimate of drug-likeness (QED) is 0.615. The lowest BCUT2D eigenvalue weighted by Gasteiger charge is -2.10. The number of rotatable bonds is 0. The van der Waals surface area contributed by atoms with Gasteiger partial charge in [-0.2, -0.15) is 0 Å². The fourth-order valence-corrected chi connectivity index (χ4v) is 0.964. The molecule has 0 saturated carbocycles. The Morgan fingerprint density at radius 3 is 3.15 bits per heavy atom. The van der Waals surface area contributed by atoms with E-state index in [0.29, 0.717) is 11.4 Å². The Hall–Kier alpha value is -1.62. The third-order valence-corrected chi connectivity index (χ3v) is 1.65. The van der Waals surface area contributed by atoms with Crippen molar-refractivity contribution in [2.24, 2.45) is 15.7 Å². The average molecular weight is 175 g/mol. The number of aliphatic imine (C=N–C) groups is 2. The van der Waals surface area contributed by atoms with Crippen LogP contribution in [0.4, 0.5) is 5.69 Å². The average Bonchev–Trinajstić information content (AvgIpc) is 2.27. The molecule has 0 aliphatic carbocycles. The molecule has 1 aliphatic heterocycles. The second-order valence-electron chi connectivity index (χ2n) is 3.04. The normalized spacial score (nSPS) is 25.4. The van der Waals surface area contributed by atoms with Gasteiger partial charge in [-0.3, -0.25) is 9.98 Å². The number of fused-ring (bicyclic) bond motifs is 1. The molecule has 5 heteroatoms. The van der Waals surface area contributed by atoms with E-state index in [9.17, 15) is 0 Å². The molecule has 1 aromatic heterocycles. The zero-order chi connectivity index (χ0) is 9.31. The van der Waals surface area contributed by atoms with E-state index < -0.39 is 5.66 Å². The molecule has 5 nitrogen and oxygen atoms in total. The lowest BCUT2D eigenvalue weighted by atomic mass is 10.3. The van der Waals surface area contributed by atoms with Crippen molar-refractivity contribution in [1.82, 2.24) is 9.97 Å². The van der Waals surface area contributed by atoms with E-state index in [1.807, 2.05) is 0 Å². The summed E-state index contributed by atoms with van der Waals surface area (Å²) >= 11 is 0. The van der Waals surface area contributed by atoms with Gasteiger partial charge in [0.25, 0.3) is 0 Å². The van der Waals surface area contributed by atoms with Crippen LogP contribution >= 0.6 is 0 Å². The first kappa shape index (κ1) is 8.00. The lowest BCUT2D eigenvalue weighted by molar-refractivity contribution is 0.683. The van der Waals surface area contributed by atoms with E-state index in [4.69, 9.17) is 5.73 Å². The SMILES string of the molecule is CC1(N)C=Nc2cncnc2C=N1. The molecule has 66 valence electrons. The van der Waals surface area contributed by atoms with Crippen molar-refractivity contribution in [2.45, 2.75) is 12.6 Å². The van der Waals surface area contributed by atoms with E-state index in [2.05, 4.69) is 20.0 Å². The maximum atomic E-state index is 5.76. The second-order valence-corrected chi connectivity index (χ2v) is 3.04. The van der Waals surface area contributed by atoms with Gasteiger partial charge in [-0.1, -0.05) is 0 Å². The Labute approximate surface area is 75.5 Å². The smallest absolute Gasteiger partial charge is 0.141 e. The molecule has 2 heterocycles. The highest BCUT2D eigenvalue weighted by Gasteiger charge is 2.15. The van der Waals surface area contributed by atoms with Crippen LogP contribution in [0, 0.1) is 0 Å². The summed E-state index contributed by atoms with van der Waals surface area (Å²) in [5.74, 6) is 0. The molecular formula is C8H9N5. The van der Waals surface area contributed by atoms with Crippen LogP contribution in [-0.2, 0) is 0 Å². The molecule has 0 radical (unpaired) electrons. The largest absolute Gasteiger partial charge is 0.303 e. The fourth-order valence-electron chi connectivity index (χ4n) is 0.964. The summed E-state index contributed by atoms with van der Waals surface area (Å²) in [6, 6.07) is 0. The topological polar surface area (TPSA) is 76.5 Å². The molecule has 2 rings (SSSR count). The van der Waals surface area contributed by atoms with Crippen LogP contribution in [0.15, 0.2) is 22.5 Å². The minimum Gasteiger partial charge on any atom is -0.303 e. The Balaban J connectivity index is 2.53. The lowest BCUT2D eigenvalue weighted by Crippen LogP contribution is -2.35. The van der Waals surface area contributed by atoms with Gasteiger partial charge in [-0.05, 0) is 6.92 Å². The maximum Gasteiger partial charge on any atom is 0.141 e. The first-order valence-electron chi connectivity index (χ1n) is 3.87. The highest BCUT2D eigenvalue weighted by molar-refractivity contribution is 5.90. The number of nitrogens with zero attached hydrogens (tertiary/aromatic N) is 4. The van der Waals surface area contributed by atoms with Crippen LogP contribution in [0.5, 0.6) is 0 Å². The van der Waals surface area contributed by atoms with Crippen molar-refractivity contribution < 1.29 is 0 Å². The molecule has 0 spiro atoms. The van der Waals surface area contributed by atoms with Gasteiger partial charge in [0.15, 0.2) is 0 Å². The van der Waals surface area contributed by atoms with Gasteiger partial charge in [-0.25, -0.2) is 9.97 Å². The Morgan fingerprint density at radius 1 is 1.46 bits per heavy atom. The van der Waals surface area contributed by atoms with Gasteiger partial charge < -0.3 is 5.73 Å². The Bertz CT molecular complexity index is 345. The van der Waals surface area contributed by atoms with Gasteiger partial charge in [0.1, 0.15) is 23.4 Å². The van der Waals surface area contributed by atoms with E-state index in [0.717, 1.165) is 0 Å². The molecule has 1 aromatic rings. The van der Waals surface area contributed by atoms with Gasteiger partial charge >= 0.3 is 0 Å². The second kappa shape index (κ2) is 2.70. The Morgan fingerprint density at radius 2 is 2.31 bits per heavy atom. The number of aromatic nitrogens is 2. The number of hydrogen-bond acceptors (Lipinski definition) is 5. The third-order valence-electron chi connectivity index (χ3n) is 1.65. The van der Waals surface area contributed by atoms with Crippen molar-refractivity contribution in [3.05, 3.63) is 18.2 Å². The standard InChI is InChI=1S/C8H9N5/c1-8(9)4-11-6-2-10-5-12-7(6)3-13-8/h2-5H,9H2,1H3. The van der Waals surface area contributed by atoms with Gasteiger partial charge in [0, 0.05) is 6.21 Å². The molecule has 0 bridgehead atoms. The summed E-state index contributed by atoms with van der Waals surface area (Å²) in [6.07, 6.45) is 6.29. The molecule has 1 aliphatic rings.